The van der Waals surface area contributed by atoms with E-state index in [4.69, 9.17) is 17.0 Å². The zero-order valence-electron chi connectivity index (χ0n) is 13.2. The first kappa shape index (κ1) is 17.2. The van der Waals surface area contributed by atoms with Crippen LogP contribution in [0.5, 0.6) is 0 Å². The summed E-state index contributed by atoms with van der Waals surface area (Å²) in [6, 6.07) is 17.5. The first-order valence-electron chi connectivity index (χ1n) is 7.69. The van der Waals surface area contributed by atoms with Gasteiger partial charge in [0, 0.05) is 13.0 Å². The van der Waals surface area contributed by atoms with Crippen molar-refractivity contribution in [3.8, 4) is 0 Å². The first-order chi connectivity index (χ1) is 11.1. The number of esters is 1. The molecule has 0 saturated carbocycles. The van der Waals surface area contributed by atoms with Crippen molar-refractivity contribution in [2.45, 2.75) is 26.3 Å². The third kappa shape index (κ3) is 6.20. The Morgan fingerprint density at radius 2 is 1.78 bits per heavy atom. The lowest BCUT2D eigenvalue weighted by Gasteiger charge is -2.08. The number of carbonyl (C=O) groups excluding carboxylic acids is 1. The van der Waals surface area contributed by atoms with Crippen molar-refractivity contribution in [1.82, 2.24) is 5.32 Å². The monoisotopic (exact) mass is 327 g/mol. The quantitative estimate of drug-likeness (QED) is 0.473. The predicted octanol–water partition coefficient (Wildman–Crippen LogP) is 4.05. The third-order valence-electron chi connectivity index (χ3n) is 3.40. The van der Waals surface area contributed by atoms with E-state index in [2.05, 4.69) is 17.4 Å². The highest BCUT2D eigenvalue weighted by atomic mass is 32.1. The summed E-state index contributed by atoms with van der Waals surface area (Å²) >= 11 is 5.29. The lowest BCUT2D eigenvalue weighted by atomic mass is 10.1. The lowest BCUT2D eigenvalue weighted by molar-refractivity contribution is 0.0502. The molecule has 0 atom stereocenters. The molecule has 0 unspecified atom stereocenters. The van der Waals surface area contributed by atoms with Gasteiger partial charge in [-0.2, -0.15) is 0 Å². The number of aryl methyl sites for hydroxylation is 1. The highest BCUT2D eigenvalue weighted by molar-refractivity contribution is 7.80. The molecule has 0 heterocycles. The molecular formula is C19H21NO2S. The second-order valence-corrected chi connectivity index (χ2v) is 5.86. The van der Waals surface area contributed by atoms with Crippen LogP contribution in [0.25, 0.3) is 0 Å². The van der Waals surface area contributed by atoms with Gasteiger partial charge in [0.2, 0.25) is 0 Å². The van der Waals surface area contributed by atoms with Crippen LogP contribution < -0.4 is 5.32 Å². The SMILES string of the molecule is Cc1ccc(C(=O)OCCCC(=S)NCc2ccccc2)cc1. The Hall–Kier alpha value is -2.20. The van der Waals surface area contributed by atoms with Crippen LogP contribution >= 0.6 is 12.2 Å². The molecule has 0 radical (unpaired) electrons. The van der Waals surface area contributed by atoms with E-state index >= 15 is 0 Å². The summed E-state index contributed by atoms with van der Waals surface area (Å²) in [6.45, 7) is 3.08. The van der Waals surface area contributed by atoms with Gasteiger partial charge >= 0.3 is 5.97 Å². The number of hydrogen-bond acceptors (Lipinski definition) is 3. The summed E-state index contributed by atoms with van der Waals surface area (Å²) in [7, 11) is 0. The predicted molar refractivity (Wildman–Crippen MR) is 96.6 cm³/mol. The van der Waals surface area contributed by atoms with Gasteiger partial charge in [-0.05, 0) is 31.0 Å². The molecule has 2 rings (SSSR count). The minimum absolute atomic E-state index is 0.284. The lowest BCUT2D eigenvalue weighted by Crippen LogP contribution is -2.21. The summed E-state index contributed by atoms with van der Waals surface area (Å²) < 4.78 is 5.25. The van der Waals surface area contributed by atoms with Crippen LogP contribution in [0.2, 0.25) is 0 Å². The minimum Gasteiger partial charge on any atom is -0.462 e. The molecule has 0 aliphatic carbocycles. The van der Waals surface area contributed by atoms with Crippen LogP contribution in [0.3, 0.4) is 0 Å². The Balaban J connectivity index is 1.62. The van der Waals surface area contributed by atoms with Gasteiger partial charge in [-0.25, -0.2) is 4.79 Å². The van der Waals surface area contributed by atoms with Gasteiger partial charge in [0.25, 0.3) is 0 Å². The van der Waals surface area contributed by atoms with Crippen LogP contribution in [0, 0.1) is 6.92 Å². The number of nitrogens with one attached hydrogen (secondary N) is 1. The van der Waals surface area contributed by atoms with Crippen LogP contribution in [-0.4, -0.2) is 17.6 Å². The number of hydrogen-bond donors (Lipinski definition) is 1. The van der Waals surface area contributed by atoms with E-state index in [1.165, 1.54) is 5.56 Å². The highest BCUT2D eigenvalue weighted by Gasteiger charge is 2.06. The number of benzene rings is 2. The first-order valence-corrected chi connectivity index (χ1v) is 8.10. The van der Waals surface area contributed by atoms with E-state index in [0.29, 0.717) is 18.6 Å². The largest absolute Gasteiger partial charge is 0.462 e. The Labute approximate surface area is 142 Å². The maximum atomic E-state index is 11.8. The van der Waals surface area contributed by atoms with Crippen molar-refractivity contribution in [2.24, 2.45) is 0 Å². The molecule has 0 aromatic heterocycles. The molecule has 0 spiro atoms. The van der Waals surface area contributed by atoms with Crippen molar-refractivity contribution in [3.63, 3.8) is 0 Å². The Morgan fingerprint density at radius 1 is 1.09 bits per heavy atom. The van der Waals surface area contributed by atoms with Crippen LogP contribution in [0.15, 0.2) is 54.6 Å². The van der Waals surface area contributed by atoms with E-state index in [9.17, 15) is 4.79 Å². The van der Waals surface area contributed by atoms with Gasteiger partial charge in [-0.15, -0.1) is 0 Å². The highest BCUT2D eigenvalue weighted by Crippen LogP contribution is 2.06. The summed E-state index contributed by atoms with van der Waals surface area (Å²) in [4.78, 5) is 12.6. The topological polar surface area (TPSA) is 38.3 Å². The fourth-order valence-corrected chi connectivity index (χ4v) is 2.27. The molecule has 0 aliphatic heterocycles. The van der Waals surface area contributed by atoms with E-state index in [1.54, 1.807) is 12.1 Å². The van der Waals surface area contributed by atoms with Gasteiger partial charge in [0.15, 0.2) is 0 Å². The average Bonchev–Trinajstić information content (AvgIpc) is 2.58. The van der Waals surface area contributed by atoms with E-state index < -0.39 is 0 Å². The summed E-state index contributed by atoms with van der Waals surface area (Å²) in [5.74, 6) is -0.284. The van der Waals surface area contributed by atoms with Gasteiger partial charge < -0.3 is 10.1 Å². The standard InChI is InChI=1S/C19H21NO2S/c1-15-9-11-17(12-10-15)19(21)22-13-5-8-18(23)20-14-16-6-3-2-4-7-16/h2-4,6-7,9-12H,5,8,13-14H2,1H3,(H,20,23). The Morgan fingerprint density at radius 3 is 2.48 bits per heavy atom. The maximum Gasteiger partial charge on any atom is 0.338 e. The molecule has 0 aliphatic rings. The summed E-state index contributed by atoms with van der Waals surface area (Å²) in [5.41, 5.74) is 2.90. The van der Waals surface area contributed by atoms with Gasteiger partial charge in [0.05, 0.1) is 17.2 Å². The Kier molecular flexibility index (Phi) is 6.76. The van der Waals surface area contributed by atoms with Gasteiger partial charge in [-0.3, -0.25) is 0 Å². The van der Waals surface area contributed by atoms with Crippen molar-refractivity contribution >= 4 is 23.2 Å². The Bertz CT molecular complexity index is 638. The number of thiocarbonyl (C=S) groups is 1. The summed E-state index contributed by atoms with van der Waals surface area (Å²) in [6.07, 6.45) is 1.43. The van der Waals surface area contributed by atoms with Crippen LogP contribution in [-0.2, 0) is 11.3 Å². The van der Waals surface area contributed by atoms with Crippen molar-refractivity contribution in [3.05, 3.63) is 71.3 Å². The number of carbonyl (C=O) groups is 1. The zero-order chi connectivity index (χ0) is 16.5. The average molecular weight is 327 g/mol. The molecule has 2 aromatic rings. The minimum atomic E-state index is -0.284. The second kappa shape index (κ2) is 9.06. The van der Waals surface area contributed by atoms with Gasteiger partial charge in [-0.1, -0.05) is 60.2 Å². The molecule has 0 fully saturated rings. The van der Waals surface area contributed by atoms with E-state index in [0.717, 1.165) is 23.5 Å². The summed E-state index contributed by atoms with van der Waals surface area (Å²) in [5, 5.41) is 3.22. The van der Waals surface area contributed by atoms with E-state index in [1.807, 2.05) is 37.3 Å². The molecule has 3 nitrogen and oxygen atoms in total. The van der Waals surface area contributed by atoms with Crippen LogP contribution in [0.4, 0.5) is 0 Å². The molecule has 0 amide bonds. The molecule has 120 valence electrons. The third-order valence-corrected chi connectivity index (χ3v) is 3.75. The molecule has 4 heteroatoms. The molecular weight excluding hydrogens is 306 g/mol. The zero-order valence-corrected chi connectivity index (χ0v) is 14.1. The molecule has 0 bridgehead atoms. The normalized spacial score (nSPS) is 10.1. The smallest absolute Gasteiger partial charge is 0.338 e. The fourth-order valence-electron chi connectivity index (χ4n) is 2.06. The molecule has 23 heavy (non-hydrogen) atoms. The second-order valence-electron chi connectivity index (χ2n) is 5.37. The molecule has 0 saturated heterocycles. The maximum absolute atomic E-state index is 11.8. The van der Waals surface area contributed by atoms with Crippen LogP contribution in [0.1, 0.15) is 34.3 Å². The number of ether oxygens (including phenoxy) is 1. The molecule has 1 N–H and O–H groups in total. The van der Waals surface area contributed by atoms with Crippen molar-refractivity contribution < 1.29 is 9.53 Å². The fraction of sp³-hybridized carbons (Fsp3) is 0.263. The van der Waals surface area contributed by atoms with E-state index in [-0.39, 0.29) is 5.97 Å². The van der Waals surface area contributed by atoms with Crippen molar-refractivity contribution in [2.75, 3.05) is 6.61 Å². The van der Waals surface area contributed by atoms with Gasteiger partial charge in [0.1, 0.15) is 0 Å². The van der Waals surface area contributed by atoms with Crippen molar-refractivity contribution in [1.29, 1.82) is 0 Å². The molecule has 2 aromatic carbocycles. The number of rotatable bonds is 7.